The Morgan fingerprint density at radius 3 is 2.48 bits per heavy atom. The van der Waals surface area contributed by atoms with Gasteiger partial charge in [0.05, 0.1) is 12.7 Å². The lowest BCUT2D eigenvalue weighted by Crippen LogP contribution is -2.53. The minimum atomic E-state index is -1.98. The van der Waals surface area contributed by atoms with Crippen molar-refractivity contribution in [2.75, 3.05) is 32.1 Å². The molecule has 1 heterocycles. The lowest BCUT2D eigenvalue weighted by molar-refractivity contribution is -0.158. The molecule has 0 bridgehead atoms. The van der Waals surface area contributed by atoms with Crippen LogP contribution in [0.15, 0.2) is 65.8 Å². The smallest absolute Gasteiger partial charge is 0.254 e. The number of pyridine rings is 1. The molecule has 272 valence electrons. The Labute approximate surface area is 302 Å². The van der Waals surface area contributed by atoms with Gasteiger partial charge in [0.2, 0.25) is 0 Å². The third-order valence-corrected chi connectivity index (χ3v) is 10.7. The van der Waals surface area contributed by atoms with E-state index in [2.05, 4.69) is 28.5 Å². The number of rotatable bonds is 21. The zero-order chi connectivity index (χ0) is 35.7. The van der Waals surface area contributed by atoms with Crippen LogP contribution in [0.2, 0.25) is 5.02 Å². The number of aliphatic hydroxyl groups is 6. The van der Waals surface area contributed by atoms with Crippen LogP contribution < -0.4 is 10.1 Å². The van der Waals surface area contributed by atoms with Crippen molar-refractivity contribution < 1.29 is 40.2 Å². The maximum atomic E-state index is 13.0. The number of hydrogen-bond acceptors (Lipinski definition) is 11. The van der Waals surface area contributed by atoms with E-state index in [1.54, 1.807) is 11.8 Å². The lowest BCUT2D eigenvalue weighted by Gasteiger charge is -2.30. The number of amides is 1. The first-order valence-corrected chi connectivity index (χ1v) is 18.6. The second kappa shape index (κ2) is 18.1. The Morgan fingerprint density at radius 2 is 1.76 bits per heavy atom. The summed E-state index contributed by atoms with van der Waals surface area (Å²) in [5.41, 5.74) is 4.06. The van der Waals surface area contributed by atoms with E-state index in [9.17, 15) is 30.3 Å². The van der Waals surface area contributed by atoms with Gasteiger partial charge in [0.25, 0.3) is 5.91 Å². The summed E-state index contributed by atoms with van der Waals surface area (Å²) in [5.74, 6) is 0.747. The number of aliphatic hydroxyl groups excluding tert-OH is 6. The number of carbonyl (C=O) groups is 1. The van der Waals surface area contributed by atoms with E-state index in [4.69, 9.17) is 21.4 Å². The third kappa shape index (κ3) is 9.96. The third-order valence-electron chi connectivity index (χ3n) is 9.21. The molecule has 2 aliphatic rings. The maximum absolute atomic E-state index is 13.0. The SMILES string of the molecule is O=C(C(O)C(O)C(O)C(O)CO)N(CCCCO)CCCSc1ccc(Cl)c(CNC2(c3cnccc3-c3ccccc3OC3CC3)CC2)c1. The predicted octanol–water partition coefficient (Wildman–Crippen LogP) is 3.24. The molecule has 4 unspecified atom stereocenters. The summed E-state index contributed by atoms with van der Waals surface area (Å²) in [6.07, 6.45) is 2.14. The summed E-state index contributed by atoms with van der Waals surface area (Å²) >= 11 is 8.27. The van der Waals surface area contributed by atoms with E-state index in [-0.39, 0.29) is 25.2 Å². The van der Waals surface area contributed by atoms with Crippen LogP contribution in [0.4, 0.5) is 0 Å². The fourth-order valence-corrected chi connectivity index (χ4v) is 7.01. The van der Waals surface area contributed by atoms with Crippen LogP contribution in [0.1, 0.15) is 56.1 Å². The molecule has 0 spiro atoms. The number of nitrogens with zero attached hydrogens (tertiary/aromatic N) is 2. The fourth-order valence-electron chi connectivity index (χ4n) is 5.92. The molecule has 5 rings (SSSR count). The summed E-state index contributed by atoms with van der Waals surface area (Å²) in [4.78, 5) is 19.9. The van der Waals surface area contributed by atoms with Gasteiger partial charge >= 0.3 is 0 Å². The number of hydrogen-bond donors (Lipinski definition) is 7. The van der Waals surface area contributed by atoms with Crippen LogP contribution in [0, 0.1) is 0 Å². The monoisotopic (exact) mass is 729 g/mol. The number of aromatic nitrogens is 1. The molecular weight excluding hydrogens is 682 g/mol. The Bertz CT molecular complexity index is 1560. The van der Waals surface area contributed by atoms with Crippen molar-refractivity contribution in [3.63, 3.8) is 0 Å². The fraction of sp³-hybridized carbons (Fsp3) is 0.514. The van der Waals surface area contributed by atoms with E-state index >= 15 is 0 Å². The first-order chi connectivity index (χ1) is 24.2. The highest BCUT2D eigenvalue weighted by molar-refractivity contribution is 7.99. The highest BCUT2D eigenvalue weighted by Gasteiger charge is 2.46. The summed E-state index contributed by atoms with van der Waals surface area (Å²) in [6, 6.07) is 16.2. The van der Waals surface area contributed by atoms with Crippen molar-refractivity contribution in [2.24, 2.45) is 0 Å². The quantitative estimate of drug-likeness (QED) is 0.0633. The second-order valence-corrected chi connectivity index (χ2v) is 14.6. The van der Waals surface area contributed by atoms with E-state index in [1.165, 1.54) is 4.90 Å². The van der Waals surface area contributed by atoms with E-state index in [0.29, 0.717) is 42.7 Å². The predicted molar refractivity (Wildman–Crippen MR) is 192 cm³/mol. The summed E-state index contributed by atoms with van der Waals surface area (Å²) in [6.45, 7) is 0.184. The number of thioether (sulfide) groups is 1. The van der Waals surface area contributed by atoms with Crippen LogP contribution in [0.25, 0.3) is 11.1 Å². The lowest BCUT2D eigenvalue weighted by atomic mass is 9.94. The van der Waals surface area contributed by atoms with Gasteiger partial charge in [-0.3, -0.25) is 9.78 Å². The van der Waals surface area contributed by atoms with Gasteiger partial charge in [-0.2, -0.15) is 0 Å². The second-order valence-electron chi connectivity index (χ2n) is 13.1. The molecule has 7 N–H and O–H groups in total. The number of carbonyl (C=O) groups excluding carboxylic acids is 1. The average molecular weight is 730 g/mol. The van der Waals surface area contributed by atoms with Crippen LogP contribution in [0.3, 0.4) is 0 Å². The summed E-state index contributed by atoms with van der Waals surface area (Å²) < 4.78 is 6.25. The van der Waals surface area contributed by atoms with Crippen molar-refractivity contribution in [2.45, 2.75) is 92.4 Å². The Hall–Kier alpha value is -2.78. The van der Waals surface area contributed by atoms with Crippen molar-refractivity contribution >= 4 is 29.3 Å². The van der Waals surface area contributed by atoms with Gasteiger partial charge in [-0.1, -0.05) is 29.8 Å². The highest BCUT2D eigenvalue weighted by Crippen LogP contribution is 2.50. The number of para-hydroxylation sites is 1. The van der Waals surface area contributed by atoms with Crippen LogP contribution in [-0.4, -0.2) is 109 Å². The highest BCUT2D eigenvalue weighted by atomic mass is 35.5. The molecule has 4 atom stereocenters. The first kappa shape index (κ1) is 38.5. The molecule has 50 heavy (non-hydrogen) atoms. The molecule has 2 aromatic carbocycles. The molecule has 1 aromatic heterocycles. The molecule has 0 saturated heterocycles. The zero-order valence-corrected chi connectivity index (χ0v) is 29.6. The van der Waals surface area contributed by atoms with Gasteiger partial charge < -0.3 is 45.6 Å². The normalized spacial score (nSPS) is 17.5. The molecule has 13 heteroatoms. The molecule has 3 aromatic rings. The van der Waals surface area contributed by atoms with Gasteiger partial charge in [-0.15, -0.1) is 11.8 Å². The first-order valence-electron chi connectivity index (χ1n) is 17.3. The molecule has 0 radical (unpaired) electrons. The van der Waals surface area contributed by atoms with Gasteiger partial charge in [0, 0.05) is 59.7 Å². The number of nitrogens with one attached hydrogen (secondary N) is 1. The van der Waals surface area contributed by atoms with E-state index in [1.807, 2.05) is 42.7 Å². The number of benzene rings is 2. The summed E-state index contributed by atoms with van der Waals surface area (Å²) in [5, 5.41) is 63.0. The summed E-state index contributed by atoms with van der Waals surface area (Å²) in [7, 11) is 0. The van der Waals surface area contributed by atoms with E-state index < -0.39 is 36.9 Å². The van der Waals surface area contributed by atoms with E-state index in [0.717, 1.165) is 58.6 Å². The van der Waals surface area contributed by atoms with Crippen molar-refractivity contribution in [1.82, 2.24) is 15.2 Å². The molecule has 11 nitrogen and oxygen atoms in total. The average Bonchev–Trinajstić information content (AvgIpc) is 4.09. The Kier molecular flexibility index (Phi) is 13.9. The topological polar surface area (TPSA) is 176 Å². The molecule has 2 fully saturated rings. The van der Waals surface area contributed by atoms with Gasteiger partial charge in [-0.25, -0.2) is 0 Å². The standard InChI is InChI=1S/C37H48ClN3O8S/c38-30-11-10-26(50-19-5-17-41(16-3-4-18-42)36(48)35(47)34(46)33(45)31(44)23-43)20-24(30)21-40-37(13-14-37)29-22-39-15-12-27(29)28-6-1-2-7-32(28)49-25-8-9-25/h1-2,6-7,10-12,15,20,22,25,31,33-35,40,42-47H,3-5,8-9,13-14,16-19,21,23H2. The zero-order valence-electron chi connectivity index (χ0n) is 28.0. The van der Waals surface area contributed by atoms with Gasteiger partial charge in [-0.05, 0) is 97.7 Å². The van der Waals surface area contributed by atoms with Crippen LogP contribution >= 0.6 is 23.4 Å². The number of unbranched alkanes of at least 4 members (excludes halogenated alkanes) is 1. The molecular formula is C37H48ClN3O8S. The largest absolute Gasteiger partial charge is 0.490 e. The van der Waals surface area contributed by atoms with Gasteiger partial charge in [0.1, 0.15) is 24.1 Å². The Balaban J connectivity index is 1.19. The Morgan fingerprint density at radius 1 is 1.00 bits per heavy atom. The molecule has 2 aliphatic carbocycles. The van der Waals surface area contributed by atoms with Crippen molar-refractivity contribution in [3.8, 4) is 16.9 Å². The molecule has 1 amide bonds. The van der Waals surface area contributed by atoms with Crippen molar-refractivity contribution in [3.05, 3.63) is 77.1 Å². The molecule has 2 saturated carbocycles. The van der Waals surface area contributed by atoms with Crippen molar-refractivity contribution in [1.29, 1.82) is 0 Å². The van der Waals surface area contributed by atoms with Gasteiger partial charge in [0.15, 0.2) is 6.10 Å². The minimum absolute atomic E-state index is 0.0496. The number of halogens is 1. The van der Waals surface area contributed by atoms with Crippen LogP contribution in [-0.2, 0) is 16.9 Å². The number of ether oxygens (including phenoxy) is 1. The van der Waals surface area contributed by atoms with Crippen LogP contribution in [0.5, 0.6) is 5.75 Å². The maximum Gasteiger partial charge on any atom is 0.254 e. The molecule has 0 aliphatic heterocycles. The minimum Gasteiger partial charge on any atom is -0.490 e.